The van der Waals surface area contributed by atoms with E-state index in [2.05, 4.69) is 0 Å². The number of halogens is 6. The van der Waals surface area contributed by atoms with Gasteiger partial charge in [-0.25, -0.2) is 0 Å². The van der Waals surface area contributed by atoms with Gasteiger partial charge in [-0.1, -0.05) is 11.8 Å². The number of hydrogen-bond acceptors (Lipinski definition) is 1. The van der Waals surface area contributed by atoms with E-state index in [0.717, 1.165) is 0 Å². The Balaban J connectivity index is 3.44. The lowest BCUT2D eigenvalue weighted by atomic mass is 10.5. The summed E-state index contributed by atoms with van der Waals surface area (Å²) in [5, 5.41) is 0. The van der Waals surface area contributed by atoms with Crippen molar-refractivity contribution in [1.29, 1.82) is 0 Å². The first-order valence-electron chi connectivity index (χ1n) is 2.48. The van der Waals surface area contributed by atoms with Crippen molar-refractivity contribution in [2.24, 2.45) is 0 Å². The molecule has 0 aromatic rings. The van der Waals surface area contributed by atoms with E-state index in [-0.39, 0.29) is 0 Å². The van der Waals surface area contributed by atoms with E-state index < -0.39 is 35.6 Å². The Bertz CT molecular complexity index is 98.7. The van der Waals surface area contributed by atoms with Crippen LogP contribution < -0.4 is 0 Å². The molecule has 68 valence electrons. The lowest BCUT2D eigenvalue weighted by Crippen LogP contribution is -2.11. The molecular weight excluding hydrogens is 194 g/mol. The van der Waals surface area contributed by atoms with Gasteiger partial charge < -0.3 is 0 Å². The van der Waals surface area contributed by atoms with Crippen LogP contribution in [0.2, 0.25) is 0 Å². The predicted molar refractivity (Wildman–Crippen MR) is 29.2 cm³/mol. The van der Waals surface area contributed by atoms with E-state index in [1.807, 2.05) is 0 Å². The van der Waals surface area contributed by atoms with Crippen LogP contribution in [0.25, 0.3) is 0 Å². The molecule has 0 aliphatic rings. The fourth-order valence-corrected chi connectivity index (χ4v) is 0.847. The van der Waals surface area contributed by atoms with Gasteiger partial charge in [0, 0.05) is 5.75 Å². The van der Waals surface area contributed by atoms with E-state index >= 15 is 0 Å². The summed E-state index contributed by atoms with van der Waals surface area (Å²) in [6, 6.07) is 0. The fraction of sp³-hybridized carbons (Fsp3) is 1.00. The van der Waals surface area contributed by atoms with Gasteiger partial charge in [-0.3, -0.25) is 0 Å². The molecule has 0 saturated heterocycles. The van der Waals surface area contributed by atoms with Gasteiger partial charge in [0.25, 0.3) is 0 Å². The summed E-state index contributed by atoms with van der Waals surface area (Å²) in [5.74, 6) is -0.965. The first-order chi connectivity index (χ1) is 4.71. The SMILES string of the molecule is FC(F)(F)CCSC(F)(F)F. The van der Waals surface area contributed by atoms with Crippen LogP contribution in [0.3, 0.4) is 0 Å². The van der Waals surface area contributed by atoms with Crippen molar-refractivity contribution < 1.29 is 26.3 Å². The van der Waals surface area contributed by atoms with Gasteiger partial charge in [0.05, 0.1) is 6.42 Å². The molecule has 0 spiro atoms. The highest BCUT2D eigenvalue weighted by Gasteiger charge is 2.32. The summed E-state index contributed by atoms with van der Waals surface area (Å²) in [6.45, 7) is 0. The molecule has 0 bridgehead atoms. The van der Waals surface area contributed by atoms with Gasteiger partial charge >= 0.3 is 11.7 Å². The minimum atomic E-state index is -4.56. The van der Waals surface area contributed by atoms with Gasteiger partial charge in [0.2, 0.25) is 0 Å². The summed E-state index contributed by atoms with van der Waals surface area (Å²) in [6.07, 6.45) is -5.91. The van der Waals surface area contributed by atoms with Crippen molar-refractivity contribution in [3.63, 3.8) is 0 Å². The van der Waals surface area contributed by atoms with Crippen molar-refractivity contribution >= 4 is 11.8 Å². The molecule has 0 heterocycles. The zero-order valence-corrected chi connectivity index (χ0v) is 5.91. The Morgan fingerprint density at radius 3 is 1.64 bits per heavy atom. The number of rotatable bonds is 2. The van der Waals surface area contributed by atoms with Crippen LogP contribution in [0, 0.1) is 0 Å². The van der Waals surface area contributed by atoms with E-state index in [9.17, 15) is 26.3 Å². The third-order valence-electron chi connectivity index (χ3n) is 0.651. The average molecular weight is 198 g/mol. The zero-order chi connectivity index (χ0) is 9.12. The van der Waals surface area contributed by atoms with Crippen molar-refractivity contribution in [2.45, 2.75) is 18.1 Å². The molecule has 0 radical (unpaired) electrons. The normalized spacial score (nSPS) is 13.6. The second-order valence-corrected chi connectivity index (χ2v) is 2.82. The van der Waals surface area contributed by atoms with Crippen molar-refractivity contribution in [3.8, 4) is 0 Å². The quantitative estimate of drug-likeness (QED) is 0.614. The van der Waals surface area contributed by atoms with Gasteiger partial charge in [0.15, 0.2) is 0 Å². The highest BCUT2D eigenvalue weighted by atomic mass is 32.2. The molecule has 0 aromatic heterocycles. The second-order valence-electron chi connectivity index (χ2n) is 1.66. The first kappa shape index (κ1) is 10.9. The van der Waals surface area contributed by atoms with Gasteiger partial charge in [-0.2, -0.15) is 26.3 Å². The van der Waals surface area contributed by atoms with Crippen LogP contribution in [0.1, 0.15) is 6.42 Å². The summed E-state index contributed by atoms with van der Waals surface area (Å²) in [4.78, 5) is 0. The lowest BCUT2D eigenvalue weighted by molar-refractivity contribution is -0.129. The molecule has 0 amide bonds. The summed E-state index contributed by atoms with van der Waals surface area (Å²) < 4.78 is 67.4. The van der Waals surface area contributed by atoms with E-state index in [0.29, 0.717) is 0 Å². The van der Waals surface area contributed by atoms with Crippen LogP contribution in [0.5, 0.6) is 0 Å². The summed E-state index contributed by atoms with van der Waals surface area (Å²) in [5.41, 5.74) is -4.56. The Morgan fingerprint density at radius 2 is 1.36 bits per heavy atom. The molecule has 11 heavy (non-hydrogen) atoms. The Labute approximate surface area is 63.0 Å². The van der Waals surface area contributed by atoms with Crippen molar-refractivity contribution in [1.82, 2.24) is 0 Å². The largest absolute Gasteiger partial charge is 0.441 e. The standard InChI is InChI=1S/C4H4F6S/c5-3(6,7)1-2-11-4(8,9)10/h1-2H2. The Hall–Kier alpha value is -0.0700. The number of thioether (sulfide) groups is 1. The minimum Gasteiger partial charge on any atom is -0.171 e. The van der Waals surface area contributed by atoms with Gasteiger partial charge in [-0.05, 0) is 0 Å². The summed E-state index contributed by atoms with van der Waals surface area (Å²) >= 11 is -0.660. The summed E-state index contributed by atoms with van der Waals surface area (Å²) in [7, 11) is 0. The second kappa shape index (κ2) is 3.55. The zero-order valence-electron chi connectivity index (χ0n) is 5.09. The molecule has 0 aliphatic heterocycles. The minimum absolute atomic E-state index is 0.660. The molecule has 0 aromatic carbocycles. The fourth-order valence-electron chi connectivity index (χ4n) is 0.282. The Kier molecular flexibility index (Phi) is 3.53. The monoisotopic (exact) mass is 198 g/mol. The molecule has 0 aliphatic carbocycles. The number of hydrogen-bond donors (Lipinski definition) is 0. The van der Waals surface area contributed by atoms with Crippen molar-refractivity contribution in [3.05, 3.63) is 0 Å². The first-order valence-corrected chi connectivity index (χ1v) is 3.47. The highest BCUT2D eigenvalue weighted by molar-refractivity contribution is 8.00. The van der Waals surface area contributed by atoms with Crippen LogP contribution >= 0.6 is 11.8 Å². The molecule has 0 unspecified atom stereocenters. The molecule has 0 rings (SSSR count). The lowest BCUT2D eigenvalue weighted by Gasteiger charge is -2.07. The molecule has 0 fully saturated rings. The van der Waals surface area contributed by atoms with E-state index in [4.69, 9.17) is 0 Å². The predicted octanol–water partition coefficient (Wildman–Crippen LogP) is 3.19. The van der Waals surface area contributed by atoms with Crippen LogP contribution in [-0.4, -0.2) is 17.4 Å². The highest BCUT2D eigenvalue weighted by Crippen LogP contribution is 2.33. The van der Waals surface area contributed by atoms with Gasteiger partial charge in [-0.15, -0.1) is 0 Å². The number of alkyl halides is 6. The Morgan fingerprint density at radius 1 is 0.909 bits per heavy atom. The third kappa shape index (κ3) is 9.93. The smallest absolute Gasteiger partial charge is 0.171 e. The van der Waals surface area contributed by atoms with Crippen LogP contribution in [-0.2, 0) is 0 Å². The molecule has 0 saturated carbocycles. The maximum Gasteiger partial charge on any atom is 0.441 e. The van der Waals surface area contributed by atoms with Crippen LogP contribution in [0.4, 0.5) is 26.3 Å². The van der Waals surface area contributed by atoms with Crippen molar-refractivity contribution in [2.75, 3.05) is 5.75 Å². The van der Waals surface area contributed by atoms with E-state index in [1.54, 1.807) is 0 Å². The maximum absolute atomic E-state index is 11.3. The third-order valence-corrected chi connectivity index (χ3v) is 1.39. The molecule has 0 N–H and O–H groups in total. The molecule has 0 nitrogen and oxygen atoms in total. The van der Waals surface area contributed by atoms with Gasteiger partial charge in [0.1, 0.15) is 0 Å². The van der Waals surface area contributed by atoms with Crippen LogP contribution in [0.15, 0.2) is 0 Å². The maximum atomic E-state index is 11.3. The molecule has 7 heteroatoms. The van der Waals surface area contributed by atoms with E-state index in [1.165, 1.54) is 0 Å². The topological polar surface area (TPSA) is 0 Å². The average Bonchev–Trinajstić information content (AvgIpc) is 1.55. The molecule has 0 atom stereocenters. The molecular formula is C4H4F6S.